The van der Waals surface area contributed by atoms with E-state index in [2.05, 4.69) is 6.07 Å². The van der Waals surface area contributed by atoms with E-state index in [4.69, 9.17) is 11.6 Å². The van der Waals surface area contributed by atoms with Crippen molar-refractivity contribution in [1.82, 2.24) is 4.90 Å². The van der Waals surface area contributed by atoms with Gasteiger partial charge in [-0.05, 0) is 30.7 Å². The third-order valence-electron chi connectivity index (χ3n) is 2.86. The van der Waals surface area contributed by atoms with Crippen LogP contribution in [0.1, 0.15) is 27.0 Å². The van der Waals surface area contributed by atoms with Crippen LogP contribution in [0.4, 0.5) is 0 Å². The minimum Gasteiger partial charge on any atom is -0.337 e. The minimum absolute atomic E-state index is 0.137. The number of rotatable bonds is 4. The Morgan fingerprint density at radius 3 is 3.06 bits per heavy atom. The topological polar surface area (TPSA) is 20.3 Å². The molecule has 0 aromatic carbocycles. The lowest BCUT2D eigenvalue weighted by molar-refractivity contribution is 0.0779. The fourth-order valence-corrected chi connectivity index (χ4v) is 4.46. The van der Waals surface area contributed by atoms with E-state index in [0.29, 0.717) is 12.4 Å². The van der Waals surface area contributed by atoms with Crippen LogP contribution in [-0.4, -0.2) is 35.5 Å². The predicted octanol–water partition coefficient (Wildman–Crippen LogP) is 3.24. The minimum atomic E-state index is 0.137. The highest BCUT2D eigenvalue weighted by Gasteiger charge is 2.20. The van der Waals surface area contributed by atoms with E-state index < -0.39 is 0 Å². The summed E-state index contributed by atoms with van der Waals surface area (Å²) >= 11 is 9.33. The van der Waals surface area contributed by atoms with Crippen molar-refractivity contribution in [1.29, 1.82) is 0 Å². The van der Waals surface area contributed by atoms with Crippen molar-refractivity contribution < 1.29 is 4.79 Å². The zero-order valence-electron chi connectivity index (χ0n) is 9.87. The molecule has 2 heterocycles. The number of aryl methyl sites for hydroxylation is 1. The molecule has 1 aliphatic rings. The van der Waals surface area contributed by atoms with E-state index in [9.17, 15) is 4.79 Å². The number of halogens is 1. The molecular formula is C12H16ClNOS2. The van der Waals surface area contributed by atoms with E-state index in [1.165, 1.54) is 16.2 Å². The Bertz CT molecular complexity index is 382. The number of nitrogens with zero attached hydrogens (tertiary/aromatic N) is 1. The number of alkyl halides is 1. The molecule has 0 N–H and O–H groups in total. The molecule has 0 unspecified atom stereocenters. The maximum Gasteiger partial charge on any atom is 0.263 e. The molecule has 1 aromatic heterocycles. The number of carbonyl (C=O) groups excluding carboxylic acids is 1. The summed E-state index contributed by atoms with van der Waals surface area (Å²) in [6, 6.07) is 2.07. The highest BCUT2D eigenvalue weighted by molar-refractivity contribution is 7.98. The van der Waals surface area contributed by atoms with Crippen LogP contribution in [0, 0.1) is 0 Å². The number of thiophene rings is 1. The van der Waals surface area contributed by atoms with Gasteiger partial charge in [-0.3, -0.25) is 4.79 Å². The summed E-state index contributed by atoms with van der Waals surface area (Å²) in [5, 5.41) is 0. The van der Waals surface area contributed by atoms with E-state index in [1.54, 1.807) is 11.3 Å². The quantitative estimate of drug-likeness (QED) is 0.793. The summed E-state index contributed by atoms with van der Waals surface area (Å²) < 4.78 is 0. The van der Waals surface area contributed by atoms with Crippen LogP contribution in [0.15, 0.2) is 6.07 Å². The van der Waals surface area contributed by atoms with Crippen LogP contribution < -0.4 is 0 Å². The standard InChI is InChI=1S/C12H16ClNOS2/c1-2-14(5-4-13)12(15)11-7-9-8-16-6-3-10(9)17-11/h7H,2-6,8H2,1H3. The normalized spacial score (nSPS) is 14.5. The lowest BCUT2D eigenvalue weighted by atomic mass is 10.2. The lowest BCUT2D eigenvalue weighted by Crippen LogP contribution is -2.31. The Hall–Kier alpha value is -0.190. The fraction of sp³-hybridized carbons (Fsp3) is 0.583. The van der Waals surface area contributed by atoms with Gasteiger partial charge < -0.3 is 4.90 Å². The molecule has 1 aliphatic heterocycles. The van der Waals surface area contributed by atoms with E-state index in [1.807, 2.05) is 23.6 Å². The van der Waals surface area contributed by atoms with Crippen molar-refractivity contribution >= 4 is 40.6 Å². The number of hydrogen-bond acceptors (Lipinski definition) is 3. The zero-order chi connectivity index (χ0) is 12.3. The van der Waals surface area contributed by atoms with Gasteiger partial charge in [-0.15, -0.1) is 22.9 Å². The fourth-order valence-electron chi connectivity index (χ4n) is 1.91. The molecule has 0 radical (unpaired) electrons. The van der Waals surface area contributed by atoms with Gasteiger partial charge in [-0.1, -0.05) is 0 Å². The van der Waals surface area contributed by atoms with E-state index in [0.717, 1.165) is 23.6 Å². The molecule has 1 amide bonds. The van der Waals surface area contributed by atoms with Crippen molar-refractivity contribution in [2.75, 3.05) is 24.7 Å². The van der Waals surface area contributed by atoms with Gasteiger partial charge in [0.25, 0.3) is 5.91 Å². The van der Waals surface area contributed by atoms with Crippen LogP contribution in [0.2, 0.25) is 0 Å². The molecule has 94 valence electrons. The lowest BCUT2D eigenvalue weighted by Gasteiger charge is -2.18. The number of thioether (sulfide) groups is 1. The Balaban J connectivity index is 2.15. The van der Waals surface area contributed by atoms with Crippen LogP contribution in [0.25, 0.3) is 0 Å². The first kappa shape index (κ1) is 13.2. The molecule has 17 heavy (non-hydrogen) atoms. The van der Waals surface area contributed by atoms with E-state index in [-0.39, 0.29) is 5.91 Å². The highest BCUT2D eigenvalue weighted by Crippen LogP contribution is 2.32. The van der Waals surface area contributed by atoms with Gasteiger partial charge >= 0.3 is 0 Å². The molecule has 2 rings (SSSR count). The first-order valence-electron chi connectivity index (χ1n) is 5.80. The average Bonchev–Trinajstić information content (AvgIpc) is 2.78. The second-order valence-corrected chi connectivity index (χ2v) is 6.56. The zero-order valence-corrected chi connectivity index (χ0v) is 12.3. The maximum atomic E-state index is 12.3. The molecular weight excluding hydrogens is 274 g/mol. The first-order valence-corrected chi connectivity index (χ1v) is 8.31. The Kier molecular flexibility index (Phi) is 4.77. The third kappa shape index (κ3) is 2.98. The van der Waals surface area contributed by atoms with Crippen molar-refractivity contribution in [3.8, 4) is 0 Å². The van der Waals surface area contributed by atoms with Gasteiger partial charge in [0, 0.05) is 29.6 Å². The van der Waals surface area contributed by atoms with Crippen molar-refractivity contribution in [2.45, 2.75) is 19.1 Å². The Labute approximate surface area is 115 Å². The number of hydrogen-bond donors (Lipinski definition) is 0. The van der Waals surface area contributed by atoms with Gasteiger partial charge in [0.2, 0.25) is 0 Å². The van der Waals surface area contributed by atoms with Gasteiger partial charge in [-0.2, -0.15) is 11.8 Å². The average molecular weight is 290 g/mol. The third-order valence-corrected chi connectivity index (χ3v) is 5.26. The van der Waals surface area contributed by atoms with Gasteiger partial charge in [-0.25, -0.2) is 0 Å². The summed E-state index contributed by atoms with van der Waals surface area (Å²) in [6.07, 6.45) is 1.11. The SMILES string of the molecule is CCN(CCCl)C(=O)c1cc2c(s1)CCSC2. The van der Waals surface area contributed by atoms with Gasteiger partial charge in [0.1, 0.15) is 0 Å². The molecule has 0 spiro atoms. The Morgan fingerprint density at radius 1 is 1.59 bits per heavy atom. The second-order valence-electron chi connectivity index (χ2n) is 3.94. The molecule has 0 aliphatic carbocycles. The summed E-state index contributed by atoms with van der Waals surface area (Å²) in [6.45, 7) is 3.35. The van der Waals surface area contributed by atoms with E-state index >= 15 is 0 Å². The predicted molar refractivity (Wildman–Crippen MR) is 76.5 cm³/mol. The molecule has 0 saturated carbocycles. The van der Waals surface area contributed by atoms with Crippen molar-refractivity contribution in [2.24, 2.45) is 0 Å². The van der Waals surface area contributed by atoms with Gasteiger partial charge in [0.15, 0.2) is 0 Å². The van der Waals surface area contributed by atoms with Crippen molar-refractivity contribution in [3.05, 3.63) is 21.4 Å². The summed E-state index contributed by atoms with van der Waals surface area (Å²) in [5.41, 5.74) is 1.36. The van der Waals surface area contributed by atoms with Crippen LogP contribution in [-0.2, 0) is 12.2 Å². The number of carbonyl (C=O) groups is 1. The largest absolute Gasteiger partial charge is 0.337 e. The molecule has 0 bridgehead atoms. The smallest absolute Gasteiger partial charge is 0.263 e. The van der Waals surface area contributed by atoms with Crippen molar-refractivity contribution in [3.63, 3.8) is 0 Å². The molecule has 0 fully saturated rings. The summed E-state index contributed by atoms with van der Waals surface area (Å²) in [5.74, 6) is 2.87. The Morgan fingerprint density at radius 2 is 2.41 bits per heavy atom. The van der Waals surface area contributed by atoms with Crippen LogP contribution in [0.3, 0.4) is 0 Å². The van der Waals surface area contributed by atoms with Crippen LogP contribution >= 0.6 is 34.7 Å². The molecule has 0 atom stereocenters. The highest BCUT2D eigenvalue weighted by atomic mass is 35.5. The number of fused-ring (bicyclic) bond motifs is 1. The summed E-state index contributed by atoms with van der Waals surface area (Å²) in [4.78, 5) is 16.3. The maximum absolute atomic E-state index is 12.3. The number of amides is 1. The van der Waals surface area contributed by atoms with Gasteiger partial charge in [0.05, 0.1) is 4.88 Å². The molecule has 5 heteroatoms. The molecule has 1 aromatic rings. The second kappa shape index (κ2) is 6.12. The molecule has 2 nitrogen and oxygen atoms in total. The van der Waals surface area contributed by atoms with Crippen LogP contribution in [0.5, 0.6) is 0 Å². The summed E-state index contributed by atoms with van der Waals surface area (Å²) in [7, 11) is 0. The monoisotopic (exact) mass is 289 g/mol. The first-order chi connectivity index (χ1) is 8.26. The molecule has 0 saturated heterocycles.